The van der Waals surface area contributed by atoms with Gasteiger partial charge in [0, 0.05) is 18.0 Å². The van der Waals surface area contributed by atoms with Crippen molar-refractivity contribution in [2.24, 2.45) is 5.73 Å². The number of hydrogen-bond donors (Lipinski definition) is 1. The normalized spacial score (nSPS) is 15.8. The predicted molar refractivity (Wildman–Crippen MR) is 46.2 cm³/mol. The fraction of sp³-hybridized carbons (Fsp3) is 0.375. The van der Waals surface area contributed by atoms with Crippen LogP contribution >= 0.6 is 0 Å². The molecule has 0 radical (unpaired) electrons. The zero-order chi connectivity index (χ0) is 10.1. The van der Waals surface area contributed by atoms with E-state index in [9.17, 15) is 8.78 Å². The molecule has 0 saturated heterocycles. The van der Waals surface area contributed by atoms with Gasteiger partial charge in [0.1, 0.15) is 5.54 Å². The van der Waals surface area contributed by atoms with Gasteiger partial charge in [-0.1, -0.05) is 6.58 Å². The van der Waals surface area contributed by atoms with Gasteiger partial charge < -0.3 is 5.73 Å². The predicted octanol–water partition coefficient (Wildman–Crippen LogP) is 1.42. The Bertz CT molecular complexity index is 304. The first kappa shape index (κ1) is 9.85. The van der Waals surface area contributed by atoms with E-state index >= 15 is 0 Å². The summed E-state index contributed by atoms with van der Waals surface area (Å²) in [6.45, 7) is 4.71. The van der Waals surface area contributed by atoms with Crippen LogP contribution in [0.1, 0.15) is 12.5 Å². The fourth-order valence-electron chi connectivity index (χ4n) is 0.842. The Kier molecular flexibility index (Phi) is 2.47. The van der Waals surface area contributed by atoms with Crippen molar-refractivity contribution in [1.82, 2.24) is 9.78 Å². The largest absolute Gasteiger partial charge is 0.317 e. The summed E-state index contributed by atoms with van der Waals surface area (Å²) >= 11 is 0. The van der Waals surface area contributed by atoms with Gasteiger partial charge in [-0.05, 0) is 6.92 Å². The molecule has 0 saturated carbocycles. The van der Waals surface area contributed by atoms with Crippen LogP contribution in [-0.4, -0.2) is 16.2 Å². The van der Waals surface area contributed by atoms with E-state index < -0.39 is 12.0 Å². The molecule has 72 valence electrons. The lowest BCUT2D eigenvalue weighted by molar-refractivity contribution is 0.0625. The summed E-state index contributed by atoms with van der Waals surface area (Å²) in [5.41, 5.74) is 4.05. The number of nitrogens with zero attached hydrogens (tertiary/aromatic N) is 2. The van der Waals surface area contributed by atoms with Crippen LogP contribution in [-0.2, 0) is 5.54 Å². The van der Waals surface area contributed by atoms with Gasteiger partial charge in [-0.15, -0.1) is 0 Å². The minimum absolute atomic E-state index is 0.294. The summed E-state index contributed by atoms with van der Waals surface area (Å²) in [6, 6.07) is 0. The van der Waals surface area contributed by atoms with E-state index in [1.54, 1.807) is 0 Å². The van der Waals surface area contributed by atoms with Crippen molar-refractivity contribution >= 4 is 6.20 Å². The van der Waals surface area contributed by atoms with Crippen LogP contribution in [0.15, 0.2) is 19.0 Å². The molecule has 3 nitrogen and oxygen atoms in total. The molecule has 0 aliphatic rings. The molecule has 0 bridgehead atoms. The van der Waals surface area contributed by atoms with Crippen molar-refractivity contribution in [2.45, 2.75) is 18.9 Å². The Labute approximate surface area is 74.8 Å². The molecule has 1 rings (SSSR count). The Morgan fingerprint density at radius 3 is 2.77 bits per heavy atom. The summed E-state index contributed by atoms with van der Waals surface area (Å²) in [7, 11) is 0. The Hall–Kier alpha value is -1.23. The highest BCUT2D eigenvalue weighted by molar-refractivity contribution is 5.23. The van der Waals surface area contributed by atoms with Gasteiger partial charge >= 0.3 is 0 Å². The summed E-state index contributed by atoms with van der Waals surface area (Å²) in [5.74, 6) is 0. The fourth-order valence-corrected chi connectivity index (χ4v) is 0.842. The summed E-state index contributed by atoms with van der Waals surface area (Å²) < 4.78 is 26.2. The van der Waals surface area contributed by atoms with E-state index in [2.05, 4.69) is 11.7 Å². The maximum Gasteiger partial charge on any atom is 0.260 e. The zero-order valence-electron chi connectivity index (χ0n) is 7.24. The van der Waals surface area contributed by atoms with Gasteiger partial charge in [0.15, 0.2) is 0 Å². The van der Waals surface area contributed by atoms with Gasteiger partial charge in [-0.2, -0.15) is 5.10 Å². The first-order valence-corrected chi connectivity index (χ1v) is 3.72. The Morgan fingerprint density at radius 2 is 2.38 bits per heavy atom. The third-order valence-electron chi connectivity index (χ3n) is 1.86. The highest BCUT2D eigenvalue weighted by Gasteiger charge is 2.33. The maximum atomic E-state index is 12.4. The Morgan fingerprint density at radius 1 is 1.77 bits per heavy atom. The van der Waals surface area contributed by atoms with Crippen LogP contribution in [0.25, 0.3) is 6.20 Å². The quantitative estimate of drug-likeness (QED) is 0.777. The van der Waals surface area contributed by atoms with Crippen LogP contribution in [0.3, 0.4) is 0 Å². The van der Waals surface area contributed by atoms with Gasteiger partial charge in [0.2, 0.25) is 0 Å². The van der Waals surface area contributed by atoms with E-state index in [1.807, 2.05) is 0 Å². The molecule has 0 aromatic carbocycles. The molecule has 1 aromatic heterocycles. The summed E-state index contributed by atoms with van der Waals surface area (Å²) in [5, 5.41) is 3.77. The second-order valence-electron chi connectivity index (χ2n) is 2.97. The van der Waals surface area contributed by atoms with E-state index in [1.165, 1.54) is 30.2 Å². The molecule has 0 aliphatic heterocycles. The lowest BCUT2D eigenvalue weighted by Gasteiger charge is -2.21. The second kappa shape index (κ2) is 3.26. The first-order chi connectivity index (χ1) is 5.98. The molecule has 1 unspecified atom stereocenters. The van der Waals surface area contributed by atoms with Crippen molar-refractivity contribution in [3.8, 4) is 0 Å². The number of alkyl halides is 2. The van der Waals surface area contributed by atoms with Crippen LogP contribution < -0.4 is 5.73 Å². The highest BCUT2D eigenvalue weighted by atomic mass is 19.3. The van der Waals surface area contributed by atoms with Crippen molar-refractivity contribution in [3.05, 3.63) is 24.5 Å². The molecule has 1 atom stereocenters. The summed E-state index contributed by atoms with van der Waals surface area (Å²) in [6.07, 6.45) is 1.54. The van der Waals surface area contributed by atoms with Gasteiger partial charge in [0.05, 0.1) is 6.20 Å². The number of hydrogen-bond acceptors (Lipinski definition) is 2. The standard InChI is InChI=1S/C8H11F2N3/c1-3-13-5-6(4-12-13)8(2,11)7(9)10/h3-5,7H,1,11H2,2H3. The van der Waals surface area contributed by atoms with Crippen molar-refractivity contribution < 1.29 is 8.78 Å². The molecule has 2 N–H and O–H groups in total. The zero-order valence-corrected chi connectivity index (χ0v) is 7.24. The molecule has 0 fully saturated rings. The Balaban J connectivity index is 3.00. The minimum atomic E-state index is -2.62. The maximum absolute atomic E-state index is 12.4. The molecular weight excluding hydrogens is 176 g/mol. The smallest absolute Gasteiger partial charge is 0.260 e. The first-order valence-electron chi connectivity index (χ1n) is 3.72. The molecule has 5 heteroatoms. The molecule has 13 heavy (non-hydrogen) atoms. The number of nitrogens with two attached hydrogens (primary N) is 1. The average molecular weight is 187 g/mol. The average Bonchev–Trinajstić information content (AvgIpc) is 2.51. The van der Waals surface area contributed by atoms with Gasteiger partial charge in [-0.3, -0.25) is 0 Å². The van der Waals surface area contributed by atoms with Crippen molar-refractivity contribution in [3.63, 3.8) is 0 Å². The second-order valence-corrected chi connectivity index (χ2v) is 2.97. The summed E-state index contributed by atoms with van der Waals surface area (Å²) in [4.78, 5) is 0. The van der Waals surface area contributed by atoms with Crippen LogP contribution in [0, 0.1) is 0 Å². The molecule has 1 heterocycles. The van der Waals surface area contributed by atoms with Crippen molar-refractivity contribution in [2.75, 3.05) is 0 Å². The van der Waals surface area contributed by atoms with Crippen LogP contribution in [0.5, 0.6) is 0 Å². The molecular formula is C8H11F2N3. The number of halogens is 2. The molecule has 1 aromatic rings. The topological polar surface area (TPSA) is 43.8 Å². The van der Waals surface area contributed by atoms with Gasteiger partial charge in [0.25, 0.3) is 6.43 Å². The molecule has 0 spiro atoms. The van der Waals surface area contributed by atoms with Gasteiger partial charge in [-0.25, -0.2) is 13.5 Å². The monoisotopic (exact) mass is 187 g/mol. The number of rotatable bonds is 3. The molecule has 0 aliphatic carbocycles. The van der Waals surface area contributed by atoms with E-state index in [4.69, 9.17) is 5.73 Å². The van der Waals surface area contributed by atoms with E-state index in [-0.39, 0.29) is 0 Å². The van der Waals surface area contributed by atoms with Crippen molar-refractivity contribution in [1.29, 1.82) is 0 Å². The third-order valence-corrected chi connectivity index (χ3v) is 1.86. The van der Waals surface area contributed by atoms with Crippen LogP contribution in [0.4, 0.5) is 8.78 Å². The SMILES string of the molecule is C=Cn1cc(C(C)(N)C(F)F)cn1. The lowest BCUT2D eigenvalue weighted by Crippen LogP contribution is -2.40. The minimum Gasteiger partial charge on any atom is -0.317 e. The van der Waals surface area contributed by atoms with E-state index in [0.717, 1.165) is 0 Å². The van der Waals surface area contributed by atoms with E-state index in [0.29, 0.717) is 5.56 Å². The van der Waals surface area contributed by atoms with Crippen LogP contribution in [0.2, 0.25) is 0 Å². The third kappa shape index (κ3) is 1.75. The number of aromatic nitrogens is 2. The highest BCUT2D eigenvalue weighted by Crippen LogP contribution is 2.24. The lowest BCUT2D eigenvalue weighted by atomic mass is 9.97. The molecule has 0 amide bonds.